The van der Waals surface area contributed by atoms with Gasteiger partial charge in [-0.15, -0.1) is 0 Å². The summed E-state index contributed by atoms with van der Waals surface area (Å²) < 4.78 is 0. The minimum absolute atomic E-state index is 0.271. The van der Waals surface area contributed by atoms with Crippen LogP contribution in [-0.4, -0.2) is 61.5 Å². The maximum absolute atomic E-state index is 12.0. The third kappa shape index (κ3) is 5.04. The monoisotopic (exact) mass is 241 g/mol. The van der Waals surface area contributed by atoms with E-state index in [-0.39, 0.29) is 5.91 Å². The second-order valence-corrected chi connectivity index (χ2v) is 5.40. The molecule has 1 saturated heterocycles. The van der Waals surface area contributed by atoms with Crippen molar-refractivity contribution in [3.8, 4) is 0 Å². The Morgan fingerprint density at radius 3 is 2.53 bits per heavy atom. The van der Waals surface area contributed by atoms with Gasteiger partial charge in [0.2, 0.25) is 5.91 Å². The molecule has 0 aromatic heterocycles. The SMILES string of the molecule is CC(C)NCCC(=O)N(C)C1CCN(C)CC1. The molecule has 100 valence electrons. The minimum Gasteiger partial charge on any atom is -0.343 e. The van der Waals surface area contributed by atoms with Crippen LogP contribution >= 0.6 is 0 Å². The van der Waals surface area contributed by atoms with Gasteiger partial charge in [-0.2, -0.15) is 0 Å². The first-order valence-electron chi connectivity index (χ1n) is 6.68. The molecule has 4 nitrogen and oxygen atoms in total. The van der Waals surface area contributed by atoms with Gasteiger partial charge in [0.25, 0.3) is 0 Å². The van der Waals surface area contributed by atoms with E-state index in [0.29, 0.717) is 18.5 Å². The van der Waals surface area contributed by atoms with Gasteiger partial charge in [-0.25, -0.2) is 0 Å². The van der Waals surface area contributed by atoms with E-state index in [9.17, 15) is 4.79 Å². The number of rotatable bonds is 5. The third-order valence-electron chi connectivity index (χ3n) is 3.52. The molecule has 0 bridgehead atoms. The smallest absolute Gasteiger partial charge is 0.223 e. The molecule has 0 spiro atoms. The largest absolute Gasteiger partial charge is 0.343 e. The number of amides is 1. The number of hydrogen-bond acceptors (Lipinski definition) is 3. The average Bonchev–Trinajstić information content (AvgIpc) is 2.28. The summed E-state index contributed by atoms with van der Waals surface area (Å²) in [5.41, 5.74) is 0. The first kappa shape index (κ1) is 14.5. The molecule has 0 aliphatic carbocycles. The third-order valence-corrected chi connectivity index (χ3v) is 3.52. The lowest BCUT2D eigenvalue weighted by atomic mass is 10.0. The molecule has 1 aliphatic rings. The highest BCUT2D eigenvalue weighted by Crippen LogP contribution is 2.14. The Labute approximate surface area is 105 Å². The highest BCUT2D eigenvalue weighted by molar-refractivity contribution is 5.76. The quantitative estimate of drug-likeness (QED) is 0.778. The van der Waals surface area contributed by atoms with Gasteiger partial charge in [0, 0.05) is 32.1 Å². The first-order chi connectivity index (χ1) is 8.00. The number of nitrogens with zero attached hydrogens (tertiary/aromatic N) is 2. The molecule has 1 N–H and O–H groups in total. The molecule has 17 heavy (non-hydrogen) atoms. The molecule has 0 unspecified atom stereocenters. The van der Waals surface area contributed by atoms with Crippen LogP contribution in [0.4, 0.5) is 0 Å². The first-order valence-corrected chi connectivity index (χ1v) is 6.68. The summed E-state index contributed by atoms with van der Waals surface area (Å²) >= 11 is 0. The molecule has 1 amide bonds. The number of nitrogens with one attached hydrogen (secondary N) is 1. The Morgan fingerprint density at radius 1 is 1.41 bits per heavy atom. The fourth-order valence-electron chi connectivity index (χ4n) is 2.23. The topological polar surface area (TPSA) is 35.6 Å². The van der Waals surface area contributed by atoms with Crippen molar-refractivity contribution < 1.29 is 4.79 Å². The van der Waals surface area contributed by atoms with Crippen molar-refractivity contribution in [2.75, 3.05) is 33.7 Å². The van der Waals surface area contributed by atoms with E-state index in [0.717, 1.165) is 32.5 Å². The van der Waals surface area contributed by atoms with Crippen LogP contribution in [0.3, 0.4) is 0 Å². The lowest BCUT2D eigenvalue weighted by Gasteiger charge is -2.35. The van der Waals surface area contributed by atoms with Crippen LogP contribution in [0, 0.1) is 0 Å². The molecule has 0 radical (unpaired) electrons. The molecule has 1 rings (SSSR count). The summed E-state index contributed by atoms with van der Waals surface area (Å²) in [6, 6.07) is 0.897. The van der Waals surface area contributed by atoms with Crippen molar-refractivity contribution >= 4 is 5.91 Å². The predicted octanol–water partition coefficient (Wildman–Crippen LogP) is 0.927. The van der Waals surface area contributed by atoms with Crippen LogP contribution < -0.4 is 5.32 Å². The van der Waals surface area contributed by atoms with Crippen molar-refractivity contribution in [2.24, 2.45) is 0 Å². The van der Waals surface area contributed by atoms with Crippen LogP contribution in [0.15, 0.2) is 0 Å². The van der Waals surface area contributed by atoms with Gasteiger partial charge in [-0.1, -0.05) is 13.8 Å². The number of hydrogen-bond donors (Lipinski definition) is 1. The summed E-state index contributed by atoms with van der Waals surface area (Å²) in [6.45, 7) is 7.20. The minimum atomic E-state index is 0.271. The summed E-state index contributed by atoms with van der Waals surface area (Å²) in [5.74, 6) is 0.271. The van der Waals surface area contributed by atoms with E-state index in [1.165, 1.54) is 0 Å². The van der Waals surface area contributed by atoms with Crippen LogP contribution in [0.25, 0.3) is 0 Å². The highest BCUT2D eigenvalue weighted by Gasteiger charge is 2.23. The summed E-state index contributed by atoms with van der Waals surface area (Å²) in [4.78, 5) is 16.3. The standard InChI is InChI=1S/C13H27N3O/c1-11(2)14-8-5-13(17)16(4)12-6-9-15(3)10-7-12/h11-12,14H,5-10H2,1-4H3. The number of carbonyl (C=O) groups excluding carboxylic acids is 1. The second-order valence-electron chi connectivity index (χ2n) is 5.40. The van der Waals surface area contributed by atoms with E-state index in [1.807, 2.05) is 11.9 Å². The van der Waals surface area contributed by atoms with E-state index < -0.39 is 0 Å². The zero-order valence-electron chi connectivity index (χ0n) is 11.7. The Kier molecular flexibility index (Phi) is 5.92. The van der Waals surface area contributed by atoms with Crippen molar-refractivity contribution in [1.29, 1.82) is 0 Å². The Balaban J connectivity index is 2.26. The van der Waals surface area contributed by atoms with Crippen molar-refractivity contribution in [3.05, 3.63) is 0 Å². The molecule has 1 fully saturated rings. The summed E-state index contributed by atoms with van der Waals surface area (Å²) in [7, 11) is 4.10. The lowest BCUT2D eigenvalue weighted by Crippen LogP contribution is -2.45. The lowest BCUT2D eigenvalue weighted by molar-refractivity contribution is -0.132. The Hall–Kier alpha value is -0.610. The molecule has 1 heterocycles. The van der Waals surface area contributed by atoms with Gasteiger partial charge in [0.05, 0.1) is 0 Å². The number of likely N-dealkylation sites (tertiary alicyclic amines) is 1. The fraction of sp³-hybridized carbons (Fsp3) is 0.923. The summed E-state index contributed by atoms with van der Waals surface area (Å²) in [6.07, 6.45) is 2.83. The van der Waals surface area contributed by atoms with Crippen molar-refractivity contribution in [1.82, 2.24) is 15.1 Å². The zero-order valence-corrected chi connectivity index (χ0v) is 11.7. The maximum atomic E-state index is 12.0. The normalized spacial score (nSPS) is 18.6. The molecule has 0 saturated carbocycles. The van der Waals surface area contributed by atoms with Crippen LogP contribution in [0.1, 0.15) is 33.1 Å². The van der Waals surface area contributed by atoms with Gasteiger partial charge in [0.1, 0.15) is 0 Å². The second kappa shape index (κ2) is 6.97. The maximum Gasteiger partial charge on any atom is 0.223 e. The van der Waals surface area contributed by atoms with Crippen molar-refractivity contribution in [3.63, 3.8) is 0 Å². The van der Waals surface area contributed by atoms with Crippen LogP contribution in [0.2, 0.25) is 0 Å². The van der Waals surface area contributed by atoms with E-state index in [2.05, 4.69) is 31.1 Å². The van der Waals surface area contributed by atoms with Crippen LogP contribution in [0.5, 0.6) is 0 Å². The summed E-state index contributed by atoms with van der Waals surface area (Å²) in [5, 5.41) is 3.29. The van der Waals surface area contributed by atoms with Gasteiger partial charge >= 0.3 is 0 Å². The molecule has 1 aliphatic heterocycles. The average molecular weight is 241 g/mol. The zero-order chi connectivity index (χ0) is 12.8. The van der Waals surface area contributed by atoms with Gasteiger partial charge in [-0.05, 0) is 33.0 Å². The molecule has 4 heteroatoms. The molecular weight excluding hydrogens is 214 g/mol. The van der Waals surface area contributed by atoms with Crippen LogP contribution in [-0.2, 0) is 4.79 Å². The number of carbonyl (C=O) groups is 1. The van der Waals surface area contributed by atoms with Gasteiger partial charge in [-0.3, -0.25) is 4.79 Å². The van der Waals surface area contributed by atoms with Gasteiger partial charge < -0.3 is 15.1 Å². The fourth-order valence-corrected chi connectivity index (χ4v) is 2.23. The Morgan fingerprint density at radius 2 is 2.00 bits per heavy atom. The van der Waals surface area contributed by atoms with Gasteiger partial charge in [0.15, 0.2) is 0 Å². The number of piperidine rings is 1. The van der Waals surface area contributed by atoms with Crippen molar-refractivity contribution in [2.45, 2.75) is 45.2 Å². The Bertz CT molecular complexity index is 235. The highest BCUT2D eigenvalue weighted by atomic mass is 16.2. The van der Waals surface area contributed by atoms with E-state index in [4.69, 9.17) is 0 Å². The molecular formula is C13H27N3O. The van der Waals surface area contributed by atoms with E-state index >= 15 is 0 Å². The predicted molar refractivity (Wildman–Crippen MR) is 71.0 cm³/mol. The molecule has 0 aromatic rings. The van der Waals surface area contributed by atoms with E-state index in [1.54, 1.807) is 0 Å². The molecule has 0 aromatic carbocycles. The molecule has 0 atom stereocenters.